The normalized spacial score (nSPS) is 23.9. The van der Waals surface area contributed by atoms with Crippen molar-refractivity contribution in [2.45, 2.75) is 32.4 Å². The number of likely N-dealkylation sites (tertiary alicyclic amines) is 1. The number of halogens is 1. The highest BCUT2D eigenvalue weighted by Gasteiger charge is 2.23. The fourth-order valence-corrected chi connectivity index (χ4v) is 3.47. The van der Waals surface area contributed by atoms with Crippen LogP contribution >= 0.6 is 11.6 Å². The Hall–Kier alpha value is -0.970. The second-order valence-corrected chi connectivity index (χ2v) is 6.51. The molecule has 2 aliphatic rings. The van der Waals surface area contributed by atoms with Crippen LogP contribution in [0.4, 0.5) is 0 Å². The van der Waals surface area contributed by atoms with Crippen LogP contribution in [-0.4, -0.2) is 37.2 Å². The molecule has 2 heterocycles. The number of piperidine rings is 1. The van der Waals surface area contributed by atoms with Gasteiger partial charge in [0.2, 0.25) is 0 Å². The van der Waals surface area contributed by atoms with Gasteiger partial charge in [0.1, 0.15) is 13.2 Å². The fourth-order valence-electron chi connectivity index (χ4n) is 3.18. The molecule has 0 radical (unpaired) electrons. The molecule has 4 nitrogen and oxygen atoms in total. The maximum atomic E-state index is 6.30. The van der Waals surface area contributed by atoms with Crippen LogP contribution in [0.1, 0.15) is 25.3 Å². The molecule has 0 amide bonds. The molecule has 2 aliphatic heterocycles. The van der Waals surface area contributed by atoms with Crippen LogP contribution in [-0.2, 0) is 6.54 Å². The number of hydrogen-bond acceptors (Lipinski definition) is 4. The quantitative estimate of drug-likeness (QED) is 0.932. The Balaban J connectivity index is 1.71. The van der Waals surface area contributed by atoms with E-state index in [-0.39, 0.29) is 6.04 Å². The van der Waals surface area contributed by atoms with Crippen LogP contribution in [0, 0.1) is 5.92 Å². The van der Waals surface area contributed by atoms with E-state index < -0.39 is 0 Å². The van der Waals surface area contributed by atoms with E-state index in [1.807, 2.05) is 6.07 Å². The SMILES string of the molecule is CC(N)C1CCCN(Cc2cc(Cl)c3c(c2)OCCO3)C1. The van der Waals surface area contributed by atoms with E-state index >= 15 is 0 Å². The van der Waals surface area contributed by atoms with E-state index in [2.05, 4.69) is 17.9 Å². The van der Waals surface area contributed by atoms with Gasteiger partial charge >= 0.3 is 0 Å². The van der Waals surface area contributed by atoms with Gasteiger partial charge in [-0.25, -0.2) is 0 Å². The molecule has 0 aromatic heterocycles. The molecule has 0 bridgehead atoms. The molecule has 1 saturated heterocycles. The molecule has 1 aromatic carbocycles. The molecule has 1 aromatic rings. The van der Waals surface area contributed by atoms with Crippen molar-refractivity contribution in [3.8, 4) is 11.5 Å². The Bertz CT molecular complexity index is 507. The van der Waals surface area contributed by atoms with Crippen LogP contribution < -0.4 is 15.2 Å². The number of ether oxygens (including phenoxy) is 2. The third kappa shape index (κ3) is 3.44. The van der Waals surface area contributed by atoms with Gasteiger partial charge in [-0.15, -0.1) is 0 Å². The van der Waals surface area contributed by atoms with Crippen molar-refractivity contribution < 1.29 is 9.47 Å². The van der Waals surface area contributed by atoms with Crippen molar-refractivity contribution in [3.05, 3.63) is 22.7 Å². The summed E-state index contributed by atoms with van der Waals surface area (Å²) in [6.07, 6.45) is 2.44. The highest BCUT2D eigenvalue weighted by molar-refractivity contribution is 6.32. The lowest BCUT2D eigenvalue weighted by atomic mass is 9.92. The van der Waals surface area contributed by atoms with E-state index in [1.165, 1.54) is 18.4 Å². The predicted molar refractivity (Wildman–Crippen MR) is 84.1 cm³/mol. The minimum Gasteiger partial charge on any atom is -0.486 e. The molecule has 3 rings (SSSR count). The standard InChI is InChI=1S/C16H23ClN2O2/c1-11(18)13-3-2-4-19(10-13)9-12-7-14(17)16-15(8-12)20-5-6-21-16/h7-8,11,13H,2-6,9-10,18H2,1H3. The highest BCUT2D eigenvalue weighted by Crippen LogP contribution is 2.38. The van der Waals surface area contributed by atoms with Crippen LogP contribution in [0.3, 0.4) is 0 Å². The molecular weight excluding hydrogens is 288 g/mol. The average Bonchev–Trinajstić information content (AvgIpc) is 2.47. The lowest BCUT2D eigenvalue weighted by Crippen LogP contribution is -2.41. The number of fused-ring (bicyclic) bond motifs is 1. The van der Waals surface area contributed by atoms with Crippen LogP contribution in [0.15, 0.2) is 12.1 Å². The molecular formula is C16H23ClN2O2. The summed E-state index contributed by atoms with van der Waals surface area (Å²) in [5, 5.41) is 0.642. The lowest BCUT2D eigenvalue weighted by molar-refractivity contribution is 0.153. The first-order valence-corrected chi connectivity index (χ1v) is 8.07. The Kier molecular flexibility index (Phi) is 4.57. The smallest absolute Gasteiger partial charge is 0.179 e. The number of hydrogen-bond donors (Lipinski definition) is 1. The Morgan fingerprint density at radius 2 is 2.19 bits per heavy atom. The van der Waals surface area contributed by atoms with E-state index in [4.69, 9.17) is 26.8 Å². The maximum absolute atomic E-state index is 6.30. The summed E-state index contributed by atoms with van der Waals surface area (Å²) in [5.74, 6) is 2.04. The molecule has 2 N–H and O–H groups in total. The number of rotatable bonds is 3. The van der Waals surface area contributed by atoms with Gasteiger partial charge in [-0.1, -0.05) is 11.6 Å². The largest absolute Gasteiger partial charge is 0.486 e. The van der Waals surface area contributed by atoms with E-state index in [0.29, 0.717) is 29.9 Å². The molecule has 21 heavy (non-hydrogen) atoms. The zero-order chi connectivity index (χ0) is 14.8. The minimum absolute atomic E-state index is 0.261. The molecule has 2 unspecified atom stereocenters. The molecule has 1 fully saturated rings. The lowest BCUT2D eigenvalue weighted by Gasteiger charge is -2.34. The summed E-state index contributed by atoms with van der Waals surface area (Å²) < 4.78 is 11.2. The van der Waals surface area contributed by atoms with Crippen molar-refractivity contribution in [2.75, 3.05) is 26.3 Å². The minimum atomic E-state index is 0.261. The molecule has 0 spiro atoms. The van der Waals surface area contributed by atoms with Crippen molar-refractivity contribution in [3.63, 3.8) is 0 Å². The Morgan fingerprint density at radius 3 is 3.00 bits per heavy atom. The maximum Gasteiger partial charge on any atom is 0.179 e. The van der Waals surface area contributed by atoms with Crippen molar-refractivity contribution >= 4 is 11.6 Å². The van der Waals surface area contributed by atoms with Gasteiger partial charge in [0.05, 0.1) is 5.02 Å². The van der Waals surface area contributed by atoms with Crippen LogP contribution in [0.2, 0.25) is 5.02 Å². The monoisotopic (exact) mass is 310 g/mol. The number of nitrogens with zero attached hydrogens (tertiary/aromatic N) is 1. The molecule has 0 aliphatic carbocycles. The first-order chi connectivity index (χ1) is 10.1. The molecule has 116 valence electrons. The topological polar surface area (TPSA) is 47.7 Å². The zero-order valence-electron chi connectivity index (χ0n) is 12.5. The van der Waals surface area contributed by atoms with Gasteiger partial charge < -0.3 is 15.2 Å². The molecule has 0 saturated carbocycles. The van der Waals surface area contributed by atoms with Crippen molar-refractivity contribution in [2.24, 2.45) is 11.7 Å². The van der Waals surface area contributed by atoms with Crippen LogP contribution in [0.25, 0.3) is 0 Å². The second-order valence-electron chi connectivity index (χ2n) is 6.10. The Labute approximate surface area is 131 Å². The highest BCUT2D eigenvalue weighted by atomic mass is 35.5. The molecule has 2 atom stereocenters. The summed E-state index contributed by atoms with van der Waals surface area (Å²) in [6, 6.07) is 4.30. The number of benzene rings is 1. The second kappa shape index (κ2) is 6.42. The van der Waals surface area contributed by atoms with Gasteiger partial charge in [0.25, 0.3) is 0 Å². The van der Waals surface area contributed by atoms with E-state index in [0.717, 1.165) is 25.4 Å². The third-order valence-electron chi connectivity index (χ3n) is 4.35. The summed E-state index contributed by atoms with van der Waals surface area (Å²) in [5.41, 5.74) is 7.23. The number of nitrogens with two attached hydrogens (primary N) is 1. The Morgan fingerprint density at radius 1 is 1.38 bits per heavy atom. The zero-order valence-corrected chi connectivity index (χ0v) is 13.2. The van der Waals surface area contributed by atoms with Gasteiger partial charge in [-0.2, -0.15) is 0 Å². The summed E-state index contributed by atoms with van der Waals surface area (Å²) >= 11 is 6.30. The summed E-state index contributed by atoms with van der Waals surface area (Å²) in [7, 11) is 0. The predicted octanol–water partition coefficient (Wildman–Crippen LogP) is 2.67. The first-order valence-electron chi connectivity index (χ1n) is 7.69. The van der Waals surface area contributed by atoms with Gasteiger partial charge in [0.15, 0.2) is 11.5 Å². The fraction of sp³-hybridized carbons (Fsp3) is 0.625. The third-order valence-corrected chi connectivity index (χ3v) is 4.63. The van der Waals surface area contributed by atoms with Crippen LogP contribution in [0.5, 0.6) is 11.5 Å². The van der Waals surface area contributed by atoms with Gasteiger partial charge in [0, 0.05) is 19.1 Å². The van der Waals surface area contributed by atoms with E-state index in [9.17, 15) is 0 Å². The van der Waals surface area contributed by atoms with E-state index in [1.54, 1.807) is 0 Å². The van der Waals surface area contributed by atoms with Gasteiger partial charge in [-0.3, -0.25) is 4.90 Å². The first kappa shape index (κ1) is 14.9. The summed E-state index contributed by atoms with van der Waals surface area (Å²) in [4.78, 5) is 2.46. The average molecular weight is 311 g/mol. The summed E-state index contributed by atoms with van der Waals surface area (Å²) in [6.45, 7) is 6.32. The van der Waals surface area contributed by atoms with Crippen molar-refractivity contribution in [1.82, 2.24) is 4.90 Å². The van der Waals surface area contributed by atoms with Gasteiger partial charge in [-0.05, 0) is 49.9 Å². The van der Waals surface area contributed by atoms with Crippen molar-refractivity contribution in [1.29, 1.82) is 0 Å². The molecule has 5 heteroatoms.